The summed E-state index contributed by atoms with van der Waals surface area (Å²) in [6, 6.07) is 1.49. The molecule has 1 heterocycles. The first-order valence-corrected chi connectivity index (χ1v) is 9.44. The molecule has 1 fully saturated rings. The van der Waals surface area contributed by atoms with E-state index in [4.69, 9.17) is 0 Å². The van der Waals surface area contributed by atoms with Crippen molar-refractivity contribution in [2.45, 2.75) is 50.8 Å². The number of sulfonamides is 1. The van der Waals surface area contributed by atoms with E-state index in [-0.39, 0.29) is 18.1 Å². The van der Waals surface area contributed by atoms with Crippen molar-refractivity contribution in [1.29, 1.82) is 0 Å². The van der Waals surface area contributed by atoms with E-state index in [1.165, 1.54) is 17.8 Å². The molecule has 10 heteroatoms. The molecule has 1 aliphatic carbocycles. The van der Waals surface area contributed by atoms with Crippen LogP contribution >= 0.6 is 0 Å². The van der Waals surface area contributed by atoms with Gasteiger partial charge in [0.1, 0.15) is 6.54 Å². The number of rotatable bonds is 6. The van der Waals surface area contributed by atoms with Gasteiger partial charge in [0.15, 0.2) is 5.69 Å². The highest BCUT2D eigenvalue weighted by atomic mass is 32.2. The molecule has 1 saturated carbocycles. The van der Waals surface area contributed by atoms with Crippen LogP contribution < -0.4 is 15.6 Å². The summed E-state index contributed by atoms with van der Waals surface area (Å²) < 4.78 is 25.7. The van der Waals surface area contributed by atoms with Crippen LogP contribution in [-0.2, 0) is 21.4 Å². The van der Waals surface area contributed by atoms with E-state index in [2.05, 4.69) is 20.7 Å². The summed E-state index contributed by atoms with van der Waals surface area (Å²) in [7, 11) is -2.08. The summed E-state index contributed by atoms with van der Waals surface area (Å²) >= 11 is 0. The maximum absolute atomic E-state index is 12.2. The van der Waals surface area contributed by atoms with Crippen LogP contribution in [0.3, 0.4) is 0 Å². The molecule has 0 radical (unpaired) electrons. The molecule has 1 aliphatic rings. The van der Waals surface area contributed by atoms with Crippen LogP contribution in [0.2, 0.25) is 0 Å². The number of nitrogens with one attached hydrogen (secondary N) is 3. The summed E-state index contributed by atoms with van der Waals surface area (Å²) in [6.45, 7) is 1.70. The lowest BCUT2D eigenvalue weighted by molar-refractivity contribution is -0.121. The first-order valence-electron chi connectivity index (χ1n) is 7.89. The Bertz CT molecular complexity index is 707. The lowest BCUT2D eigenvalue weighted by Crippen LogP contribution is -2.46. The third-order valence-corrected chi connectivity index (χ3v) is 5.82. The summed E-state index contributed by atoms with van der Waals surface area (Å²) in [5.74, 6) is -0.903. The highest BCUT2D eigenvalue weighted by Gasteiger charge is 2.27. The van der Waals surface area contributed by atoms with Crippen molar-refractivity contribution >= 4 is 21.8 Å². The van der Waals surface area contributed by atoms with Crippen LogP contribution in [0.5, 0.6) is 0 Å². The maximum Gasteiger partial charge on any atom is 0.286 e. The van der Waals surface area contributed by atoms with E-state index in [1.54, 1.807) is 6.92 Å². The Morgan fingerprint density at radius 1 is 1.29 bits per heavy atom. The number of carbonyl (C=O) groups excluding carboxylic acids is 2. The molecule has 1 aromatic heterocycles. The van der Waals surface area contributed by atoms with Crippen molar-refractivity contribution in [1.82, 2.24) is 25.4 Å². The SMILES string of the molecule is CNC(=O)Cn1nc(C(=O)NNS(=O)(=O)C2CCCCC2)cc1C. The van der Waals surface area contributed by atoms with Gasteiger partial charge in [-0.15, -0.1) is 4.83 Å². The number of amides is 2. The van der Waals surface area contributed by atoms with Gasteiger partial charge in [-0.05, 0) is 25.8 Å². The van der Waals surface area contributed by atoms with Gasteiger partial charge in [-0.3, -0.25) is 19.7 Å². The second kappa shape index (κ2) is 7.75. The number of hydrogen-bond acceptors (Lipinski definition) is 5. The average Bonchev–Trinajstić information content (AvgIpc) is 2.94. The van der Waals surface area contributed by atoms with E-state index in [9.17, 15) is 18.0 Å². The molecule has 9 nitrogen and oxygen atoms in total. The lowest BCUT2D eigenvalue weighted by Gasteiger charge is -2.21. The number of likely N-dealkylation sites (N-methyl/N-ethyl adjacent to an activating group) is 1. The molecule has 134 valence electrons. The normalized spacial score (nSPS) is 15.9. The molecule has 1 aromatic rings. The van der Waals surface area contributed by atoms with Gasteiger partial charge in [-0.25, -0.2) is 8.42 Å². The summed E-state index contributed by atoms with van der Waals surface area (Å²) in [4.78, 5) is 25.6. The zero-order valence-electron chi connectivity index (χ0n) is 13.8. The topological polar surface area (TPSA) is 122 Å². The van der Waals surface area contributed by atoms with Gasteiger partial charge in [0.25, 0.3) is 5.91 Å². The number of carbonyl (C=O) groups is 2. The minimum Gasteiger partial charge on any atom is -0.358 e. The van der Waals surface area contributed by atoms with Crippen molar-refractivity contribution in [2.75, 3.05) is 7.05 Å². The van der Waals surface area contributed by atoms with Gasteiger partial charge in [-0.1, -0.05) is 19.3 Å². The molecule has 0 atom stereocenters. The minimum absolute atomic E-state index is 0.0105. The first kappa shape index (κ1) is 18.4. The van der Waals surface area contributed by atoms with Crippen molar-refractivity contribution in [3.05, 3.63) is 17.5 Å². The van der Waals surface area contributed by atoms with Crippen molar-refractivity contribution in [3.63, 3.8) is 0 Å². The Labute approximate surface area is 141 Å². The zero-order valence-corrected chi connectivity index (χ0v) is 14.6. The molecular weight excluding hydrogens is 334 g/mol. The van der Waals surface area contributed by atoms with Crippen LogP contribution in [0.4, 0.5) is 0 Å². The third kappa shape index (κ3) is 4.54. The van der Waals surface area contributed by atoms with Crippen LogP contribution in [0.15, 0.2) is 6.07 Å². The Balaban J connectivity index is 1.97. The quantitative estimate of drug-likeness (QED) is 0.610. The van der Waals surface area contributed by atoms with E-state index in [0.29, 0.717) is 18.5 Å². The standard InChI is InChI=1S/C14H23N5O4S/c1-10-8-12(17-19(10)9-13(20)15-2)14(21)16-18-24(22,23)11-6-4-3-5-7-11/h8,11,18H,3-7,9H2,1-2H3,(H,15,20)(H,16,21). The molecule has 0 aliphatic heterocycles. The first-order chi connectivity index (χ1) is 11.3. The molecule has 2 amide bonds. The van der Waals surface area contributed by atoms with Gasteiger partial charge in [0, 0.05) is 12.7 Å². The van der Waals surface area contributed by atoms with Crippen LogP contribution in [0.1, 0.15) is 48.3 Å². The van der Waals surface area contributed by atoms with Gasteiger partial charge in [0.05, 0.1) is 5.25 Å². The van der Waals surface area contributed by atoms with E-state index in [1.807, 2.05) is 0 Å². The molecule has 0 spiro atoms. The van der Waals surface area contributed by atoms with E-state index < -0.39 is 21.2 Å². The molecule has 0 unspecified atom stereocenters. The molecule has 2 rings (SSSR count). The fraction of sp³-hybridized carbons (Fsp3) is 0.643. The number of hydrazine groups is 1. The van der Waals surface area contributed by atoms with Crippen molar-refractivity contribution in [3.8, 4) is 0 Å². The average molecular weight is 357 g/mol. The second-order valence-electron chi connectivity index (χ2n) is 5.86. The lowest BCUT2D eigenvalue weighted by atomic mass is 10.0. The van der Waals surface area contributed by atoms with Gasteiger partial charge in [0.2, 0.25) is 15.9 Å². The molecular formula is C14H23N5O4S. The second-order valence-corrected chi connectivity index (χ2v) is 7.82. The Morgan fingerprint density at radius 3 is 2.58 bits per heavy atom. The summed E-state index contributed by atoms with van der Waals surface area (Å²) in [5.41, 5.74) is 2.86. The van der Waals surface area contributed by atoms with Gasteiger partial charge < -0.3 is 5.32 Å². The Morgan fingerprint density at radius 2 is 1.96 bits per heavy atom. The number of hydrogen-bond donors (Lipinski definition) is 3. The highest BCUT2D eigenvalue weighted by molar-refractivity contribution is 7.90. The summed E-state index contributed by atoms with van der Waals surface area (Å²) in [5, 5.41) is 6.02. The zero-order chi connectivity index (χ0) is 17.7. The van der Waals surface area contributed by atoms with Gasteiger partial charge >= 0.3 is 0 Å². The monoisotopic (exact) mass is 357 g/mol. The predicted octanol–water partition coefficient (Wildman–Crippen LogP) is -0.166. The predicted molar refractivity (Wildman–Crippen MR) is 87.4 cm³/mol. The minimum atomic E-state index is -3.59. The van der Waals surface area contributed by atoms with Crippen LogP contribution in [-0.4, -0.2) is 42.3 Å². The number of nitrogens with zero attached hydrogens (tertiary/aromatic N) is 2. The largest absolute Gasteiger partial charge is 0.358 e. The molecule has 0 aromatic carbocycles. The smallest absolute Gasteiger partial charge is 0.286 e. The fourth-order valence-corrected chi connectivity index (χ4v) is 3.99. The van der Waals surface area contributed by atoms with Gasteiger partial charge in [-0.2, -0.15) is 5.10 Å². The number of aromatic nitrogens is 2. The van der Waals surface area contributed by atoms with Crippen molar-refractivity contribution < 1.29 is 18.0 Å². The molecule has 3 N–H and O–H groups in total. The fourth-order valence-electron chi connectivity index (χ4n) is 2.64. The summed E-state index contributed by atoms with van der Waals surface area (Å²) in [6.07, 6.45) is 4.00. The van der Waals surface area contributed by atoms with Crippen LogP contribution in [0, 0.1) is 6.92 Å². The molecule has 24 heavy (non-hydrogen) atoms. The van der Waals surface area contributed by atoms with E-state index >= 15 is 0 Å². The van der Waals surface area contributed by atoms with Crippen LogP contribution in [0.25, 0.3) is 0 Å². The molecule has 0 saturated heterocycles. The molecule has 0 bridgehead atoms. The maximum atomic E-state index is 12.2. The van der Waals surface area contributed by atoms with E-state index in [0.717, 1.165) is 19.3 Å². The highest BCUT2D eigenvalue weighted by Crippen LogP contribution is 2.22. The Hall–Kier alpha value is -1.94. The Kier molecular flexibility index (Phi) is 5.94. The number of aryl methyl sites for hydroxylation is 1. The van der Waals surface area contributed by atoms with Crippen molar-refractivity contribution in [2.24, 2.45) is 0 Å². The third-order valence-electron chi connectivity index (χ3n) is 4.08.